The zero-order chi connectivity index (χ0) is 12.3. The van der Waals surface area contributed by atoms with Crippen LogP contribution in [-0.4, -0.2) is 30.4 Å². The fourth-order valence-corrected chi connectivity index (χ4v) is 2.17. The monoisotopic (exact) mass is 233 g/mol. The molecule has 1 aromatic rings. The summed E-state index contributed by atoms with van der Waals surface area (Å²) in [7, 11) is 0. The highest BCUT2D eigenvalue weighted by Gasteiger charge is 2.21. The minimum atomic E-state index is 0.0887. The molecule has 3 N–H and O–H groups in total. The second-order valence-electron chi connectivity index (χ2n) is 4.33. The molecule has 0 unspecified atom stereocenters. The van der Waals surface area contributed by atoms with Gasteiger partial charge in [-0.1, -0.05) is 0 Å². The van der Waals surface area contributed by atoms with Gasteiger partial charge in [-0.2, -0.15) is 0 Å². The number of carbonyl (C=O) groups excluding carboxylic acids is 1. The van der Waals surface area contributed by atoms with Crippen molar-refractivity contribution >= 4 is 17.3 Å². The number of anilines is 2. The standard InChI is InChI=1S/C13H19N3O/c1-2-15-12-6-5-10(14)9-11(12)13(17)16-7-3-4-8-16/h5-6,9,15H,2-4,7-8,14H2,1H3. The molecule has 1 amide bonds. The van der Waals surface area contributed by atoms with Crippen LogP contribution < -0.4 is 11.1 Å². The van der Waals surface area contributed by atoms with Gasteiger partial charge in [-0.05, 0) is 38.0 Å². The maximum absolute atomic E-state index is 12.3. The van der Waals surface area contributed by atoms with Crippen molar-refractivity contribution < 1.29 is 4.79 Å². The molecule has 4 heteroatoms. The Morgan fingerprint density at radius 1 is 1.41 bits per heavy atom. The fraction of sp³-hybridized carbons (Fsp3) is 0.462. The fourth-order valence-electron chi connectivity index (χ4n) is 2.17. The van der Waals surface area contributed by atoms with Gasteiger partial charge in [0.2, 0.25) is 0 Å². The van der Waals surface area contributed by atoms with Gasteiger partial charge >= 0.3 is 0 Å². The third-order valence-corrected chi connectivity index (χ3v) is 3.03. The maximum atomic E-state index is 12.3. The van der Waals surface area contributed by atoms with Crippen molar-refractivity contribution in [3.05, 3.63) is 23.8 Å². The van der Waals surface area contributed by atoms with E-state index in [4.69, 9.17) is 5.73 Å². The van der Waals surface area contributed by atoms with Crippen LogP contribution in [0.25, 0.3) is 0 Å². The Morgan fingerprint density at radius 2 is 2.12 bits per heavy atom. The number of amides is 1. The Bertz CT molecular complexity index is 411. The smallest absolute Gasteiger partial charge is 0.256 e. The van der Waals surface area contributed by atoms with Crippen LogP contribution in [0, 0.1) is 0 Å². The number of carbonyl (C=O) groups is 1. The van der Waals surface area contributed by atoms with Crippen molar-refractivity contribution in [3.8, 4) is 0 Å². The molecule has 1 fully saturated rings. The number of hydrogen-bond acceptors (Lipinski definition) is 3. The average Bonchev–Trinajstić information content (AvgIpc) is 2.84. The zero-order valence-electron chi connectivity index (χ0n) is 10.2. The lowest BCUT2D eigenvalue weighted by molar-refractivity contribution is 0.0794. The predicted molar refractivity (Wildman–Crippen MR) is 70.2 cm³/mol. The van der Waals surface area contributed by atoms with Crippen LogP contribution >= 0.6 is 0 Å². The first kappa shape index (κ1) is 11.8. The van der Waals surface area contributed by atoms with Gasteiger partial charge < -0.3 is 16.0 Å². The van der Waals surface area contributed by atoms with Gasteiger partial charge in [-0.25, -0.2) is 0 Å². The molecule has 92 valence electrons. The van der Waals surface area contributed by atoms with E-state index in [1.54, 1.807) is 6.07 Å². The zero-order valence-corrected chi connectivity index (χ0v) is 10.2. The van der Waals surface area contributed by atoms with Crippen molar-refractivity contribution in [1.29, 1.82) is 0 Å². The quantitative estimate of drug-likeness (QED) is 0.784. The Labute approximate surface area is 102 Å². The topological polar surface area (TPSA) is 58.4 Å². The summed E-state index contributed by atoms with van der Waals surface area (Å²) in [4.78, 5) is 14.2. The maximum Gasteiger partial charge on any atom is 0.256 e. The molecule has 1 aliphatic rings. The molecule has 1 aliphatic heterocycles. The minimum absolute atomic E-state index is 0.0887. The van der Waals surface area contributed by atoms with Gasteiger partial charge in [0.25, 0.3) is 5.91 Å². The van der Waals surface area contributed by atoms with Crippen molar-refractivity contribution in [2.24, 2.45) is 0 Å². The number of nitrogens with two attached hydrogens (primary N) is 1. The molecule has 0 aromatic heterocycles. The molecule has 0 radical (unpaired) electrons. The van der Waals surface area contributed by atoms with E-state index in [1.165, 1.54) is 0 Å². The normalized spacial score (nSPS) is 15.0. The SMILES string of the molecule is CCNc1ccc(N)cc1C(=O)N1CCCC1. The summed E-state index contributed by atoms with van der Waals surface area (Å²) in [5, 5.41) is 3.20. The molecule has 1 heterocycles. The van der Waals surface area contributed by atoms with Crippen LogP contribution in [0.15, 0.2) is 18.2 Å². The lowest BCUT2D eigenvalue weighted by atomic mass is 10.1. The summed E-state index contributed by atoms with van der Waals surface area (Å²) in [5.41, 5.74) is 7.96. The first-order valence-electron chi connectivity index (χ1n) is 6.15. The van der Waals surface area contributed by atoms with Crippen LogP contribution in [0.4, 0.5) is 11.4 Å². The Morgan fingerprint density at radius 3 is 2.76 bits per heavy atom. The van der Waals surface area contributed by atoms with E-state index in [0.29, 0.717) is 11.3 Å². The van der Waals surface area contributed by atoms with Gasteiger partial charge in [-0.3, -0.25) is 4.79 Å². The Balaban J connectivity index is 2.28. The predicted octanol–water partition coefficient (Wildman–Crippen LogP) is 1.94. The third-order valence-electron chi connectivity index (χ3n) is 3.03. The first-order chi connectivity index (χ1) is 8.22. The third kappa shape index (κ3) is 2.52. The summed E-state index contributed by atoms with van der Waals surface area (Å²) >= 11 is 0. The average molecular weight is 233 g/mol. The molecule has 0 atom stereocenters. The molecule has 4 nitrogen and oxygen atoms in total. The molecule has 0 aliphatic carbocycles. The van der Waals surface area contributed by atoms with E-state index in [1.807, 2.05) is 24.0 Å². The summed E-state index contributed by atoms with van der Waals surface area (Å²) < 4.78 is 0. The molecule has 17 heavy (non-hydrogen) atoms. The van der Waals surface area contributed by atoms with Gasteiger partial charge in [0, 0.05) is 31.0 Å². The van der Waals surface area contributed by atoms with E-state index in [-0.39, 0.29) is 5.91 Å². The summed E-state index contributed by atoms with van der Waals surface area (Å²) in [6.07, 6.45) is 2.20. The van der Waals surface area contributed by atoms with Gasteiger partial charge in [0.1, 0.15) is 0 Å². The first-order valence-corrected chi connectivity index (χ1v) is 6.15. The number of rotatable bonds is 3. The van der Waals surface area contributed by atoms with Crippen molar-refractivity contribution in [2.45, 2.75) is 19.8 Å². The second kappa shape index (κ2) is 5.08. The molecular weight excluding hydrogens is 214 g/mol. The molecule has 2 rings (SSSR count). The van der Waals surface area contributed by atoms with E-state index in [9.17, 15) is 4.79 Å². The number of nitrogens with zero attached hydrogens (tertiary/aromatic N) is 1. The van der Waals surface area contributed by atoms with Crippen LogP contribution in [0.2, 0.25) is 0 Å². The van der Waals surface area contributed by atoms with Gasteiger partial charge in [0.05, 0.1) is 5.56 Å². The molecule has 1 saturated heterocycles. The van der Waals surface area contributed by atoms with Crippen LogP contribution in [0.5, 0.6) is 0 Å². The summed E-state index contributed by atoms with van der Waals surface area (Å²) in [6.45, 7) is 4.53. The Kier molecular flexibility index (Phi) is 3.52. The highest BCUT2D eigenvalue weighted by molar-refractivity contribution is 6.00. The van der Waals surface area contributed by atoms with Crippen molar-refractivity contribution in [2.75, 3.05) is 30.7 Å². The van der Waals surface area contributed by atoms with E-state index in [2.05, 4.69) is 5.32 Å². The minimum Gasteiger partial charge on any atom is -0.399 e. The van der Waals surface area contributed by atoms with Gasteiger partial charge in [0.15, 0.2) is 0 Å². The molecule has 0 saturated carbocycles. The number of likely N-dealkylation sites (tertiary alicyclic amines) is 1. The number of benzene rings is 1. The van der Waals surface area contributed by atoms with Crippen molar-refractivity contribution in [1.82, 2.24) is 4.90 Å². The molecule has 0 bridgehead atoms. The van der Waals surface area contributed by atoms with Crippen LogP contribution in [-0.2, 0) is 0 Å². The van der Waals surface area contributed by atoms with E-state index in [0.717, 1.165) is 38.2 Å². The van der Waals surface area contributed by atoms with E-state index >= 15 is 0 Å². The van der Waals surface area contributed by atoms with E-state index < -0.39 is 0 Å². The number of hydrogen-bond donors (Lipinski definition) is 2. The van der Waals surface area contributed by atoms with Gasteiger partial charge in [-0.15, -0.1) is 0 Å². The summed E-state index contributed by atoms with van der Waals surface area (Å²) in [6, 6.07) is 5.46. The van der Waals surface area contributed by atoms with Crippen LogP contribution in [0.3, 0.4) is 0 Å². The number of nitrogens with one attached hydrogen (secondary N) is 1. The summed E-state index contributed by atoms with van der Waals surface area (Å²) in [5.74, 6) is 0.0887. The number of nitrogen functional groups attached to an aromatic ring is 1. The molecular formula is C13H19N3O. The van der Waals surface area contributed by atoms with Crippen LogP contribution in [0.1, 0.15) is 30.1 Å². The van der Waals surface area contributed by atoms with Crippen molar-refractivity contribution in [3.63, 3.8) is 0 Å². The second-order valence-corrected chi connectivity index (χ2v) is 4.33. The largest absolute Gasteiger partial charge is 0.399 e. The molecule has 0 spiro atoms. The highest BCUT2D eigenvalue weighted by Crippen LogP contribution is 2.22. The highest BCUT2D eigenvalue weighted by atomic mass is 16.2. The lowest BCUT2D eigenvalue weighted by Crippen LogP contribution is -2.28. The lowest BCUT2D eigenvalue weighted by Gasteiger charge is -2.18. The Hall–Kier alpha value is -1.71. The molecule has 1 aromatic carbocycles.